The zero-order valence-corrected chi connectivity index (χ0v) is 10.9. The van der Waals surface area contributed by atoms with Crippen molar-refractivity contribution in [2.24, 2.45) is 5.73 Å². The number of hydrogen-bond acceptors (Lipinski definition) is 2. The SMILES string of the molecule is CCN(CC)C(=O)Nc1ccc(C(N)=S)cc1. The number of anilines is 1. The molecule has 0 spiro atoms. The molecule has 17 heavy (non-hydrogen) atoms. The summed E-state index contributed by atoms with van der Waals surface area (Å²) in [5.41, 5.74) is 7.02. The van der Waals surface area contributed by atoms with E-state index >= 15 is 0 Å². The predicted octanol–water partition coefficient (Wildman–Crippen LogP) is 2.19. The first-order valence-electron chi connectivity index (χ1n) is 5.54. The highest BCUT2D eigenvalue weighted by Gasteiger charge is 2.08. The molecule has 92 valence electrons. The molecular formula is C12H17N3OS. The molecule has 0 saturated carbocycles. The maximum absolute atomic E-state index is 11.8. The van der Waals surface area contributed by atoms with Gasteiger partial charge in [0.1, 0.15) is 4.99 Å². The Morgan fingerprint density at radius 2 is 1.82 bits per heavy atom. The lowest BCUT2D eigenvalue weighted by molar-refractivity contribution is 0.217. The molecule has 0 aliphatic heterocycles. The van der Waals surface area contributed by atoms with Crippen molar-refractivity contribution >= 4 is 28.9 Å². The van der Waals surface area contributed by atoms with Crippen LogP contribution in [0, 0.1) is 0 Å². The van der Waals surface area contributed by atoms with Gasteiger partial charge in [-0.15, -0.1) is 0 Å². The van der Waals surface area contributed by atoms with Gasteiger partial charge in [0, 0.05) is 24.3 Å². The topological polar surface area (TPSA) is 58.4 Å². The van der Waals surface area contributed by atoms with Crippen molar-refractivity contribution in [1.82, 2.24) is 4.90 Å². The lowest BCUT2D eigenvalue weighted by Crippen LogP contribution is -2.34. The normalized spacial score (nSPS) is 9.76. The van der Waals surface area contributed by atoms with E-state index in [9.17, 15) is 4.79 Å². The Balaban J connectivity index is 2.69. The lowest BCUT2D eigenvalue weighted by atomic mass is 10.2. The second-order valence-corrected chi connectivity index (χ2v) is 3.98. The third-order valence-electron chi connectivity index (χ3n) is 2.47. The summed E-state index contributed by atoms with van der Waals surface area (Å²) < 4.78 is 0. The molecule has 0 unspecified atom stereocenters. The van der Waals surface area contributed by atoms with Crippen LogP contribution in [0.25, 0.3) is 0 Å². The summed E-state index contributed by atoms with van der Waals surface area (Å²) in [6.07, 6.45) is 0. The van der Waals surface area contributed by atoms with Crippen LogP contribution in [-0.2, 0) is 0 Å². The maximum atomic E-state index is 11.8. The van der Waals surface area contributed by atoms with E-state index in [1.54, 1.807) is 29.2 Å². The van der Waals surface area contributed by atoms with Crippen LogP contribution in [0.2, 0.25) is 0 Å². The molecule has 0 atom stereocenters. The highest BCUT2D eigenvalue weighted by Crippen LogP contribution is 2.10. The second kappa shape index (κ2) is 6.20. The van der Waals surface area contributed by atoms with Gasteiger partial charge in [-0.2, -0.15) is 0 Å². The van der Waals surface area contributed by atoms with E-state index in [0.29, 0.717) is 18.1 Å². The highest BCUT2D eigenvalue weighted by molar-refractivity contribution is 7.80. The second-order valence-electron chi connectivity index (χ2n) is 3.54. The molecule has 3 N–H and O–H groups in total. The van der Waals surface area contributed by atoms with E-state index in [1.165, 1.54) is 0 Å². The first-order chi connectivity index (χ1) is 8.08. The van der Waals surface area contributed by atoms with Crippen LogP contribution in [0.3, 0.4) is 0 Å². The number of carbonyl (C=O) groups is 1. The number of thiocarbonyl (C=S) groups is 1. The summed E-state index contributed by atoms with van der Waals surface area (Å²) in [6.45, 7) is 5.26. The van der Waals surface area contributed by atoms with Crippen molar-refractivity contribution in [2.75, 3.05) is 18.4 Å². The molecule has 4 nitrogen and oxygen atoms in total. The Morgan fingerprint density at radius 3 is 2.24 bits per heavy atom. The van der Waals surface area contributed by atoms with Gasteiger partial charge in [0.2, 0.25) is 0 Å². The van der Waals surface area contributed by atoms with Gasteiger partial charge in [0.15, 0.2) is 0 Å². The van der Waals surface area contributed by atoms with E-state index in [4.69, 9.17) is 18.0 Å². The van der Waals surface area contributed by atoms with Crippen molar-refractivity contribution in [2.45, 2.75) is 13.8 Å². The van der Waals surface area contributed by atoms with E-state index in [0.717, 1.165) is 11.3 Å². The number of amides is 2. The van der Waals surface area contributed by atoms with Crippen LogP contribution in [0.5, 0.6) is 0 Å². The largest absolute Gasteiger partial charge is 0.389 e. The number of urea groups is 1. The van der Waals surface area contributed by atoms with Crippen LogP contribution >= 0.6 is 12.2 Å². The molecule has 0 aliphatic rings. The molecule has 0 saturated heterocycles. The van der Waals surface area contributed by atoms with Gasteiger partial charge in [-0.05, 0) is 38.1 Å². The van der Waals surface area contributed by atoms with Crippen LogP contribution < -0.4 is 11.1 Å². The number of nitrogens with zero attached hydrogens (tertiary/aromatic N) is 1. The third-order valence-corrected chi connectivity index (χ3v) is 2.71. The molecule has 0 bridgehead atoms. The number of carbonyl (C=O) groups excluding carboxylic acids is 1. The van der Waals surface area contributed by atoms with Crippen LogP contribution in [0.4, 0.5) is 10.5 Å². The van der Waals surface area contributed by atoms with Gasteiger partial charge in [-0.3, -0.25) is 0 Å². The van der Waals surface area contributed by atoms with Crippen LogP contribution in [0.15, 0.2) is 24.3 Å². The van der Waals surface area contributed by atoms with E-state index in [-0.39, 0.29) is 6.03 Å². The first kappa shape index (κ1) is 13.4. The molecule has 0 fully saturated rings. The fourth-order valence-corrected chi connectivity index (χ4v) is 1.57. The van der Waals surface area contributed by atoms with Crippen molar-refractivity contribution in [1.29, 1.82) is 0 Å². The number of rotatable bonds is 4. The Labute approximate surface area is 107 Å². The number of nitrogens with two attached hydrogens (primary N) is 1. The Hall–Kier alpha value is -1.62. The van der Waals surface area contributed by atoms with Gasteiger partial charge >= 0.3 is 6.03 Å². The molecule has 0 aromatic heterocycles. The number of benzene rings is 1. The molecule has 1 aromatic rings. The van der Waals surface area contributed by atoms with E-state index < -0.39 is 0 Å². The van der Waals surface area contributed by atoms with Crippen LogP contribution in [0.1, 0.15) is 19.4 Å². The average Bonchev–Trinajstić information content (AvgIpc) is 2.31. The van der Waals surface area contributed by atoms with Gasteiger partial charge < -0.3 is 16.0 Å². The van der Waals surface area contributed by atoms with Gasteiger partial charge in [-0.25, -0.2) is 4.79 Å². The van der Waals surface area contributed by atoms with Crippen LogP contribution in [-0.4, -0.2) is 29.0 Å². The molecule has 0 aliphatic carbocycles. The summed E-state index contributed by atoms with van der Waals surface area (Å²) >= 11 is 4.85. The van der Waals surface area contributed by atoms with Gasteiger partial charge in [0.25, 0.3) is 0 Å². The summed E-state index contributed by atoms with van der Waals surface area (Å²) in [5, 5.41) is 2.81. The van der Waals surface area contributed by atoms with Crippen molar-refractivity contribution in [3.63, 3.8) is 0 Å². The molecule has 1 rings (SSSR count). The number of hydrogen-bond donors (Lipinski definition) is 2. The smallest absolute Gasteiger partial charge is 0.321 e. The average molecular weight is 251 g/mol. The minimum Gasteiger partial charge on any atom is -0.389 e. The maximum Gasteiger partial charge on any atom is 0.321 e. The van der Waals surface area contributed by atoms with Gasteiger partial charge in [0.05, 0.1) is 0 Å². The van der Waals surface area contributed by atoms with Crippen molar-refractivity contribution in [3.8, 4) is 0 Å². The molecular weight excluding hydrogens is 234 g/mol. The Bertz CT molecular complexity index is 399. The van der Waals surface area contributed by atoms with Crippen molar-refractivity contribution < 1.29 is 4.79 Å². The fourth-order valence-electron chi connectivity index (χ4n) is 1.43. The minimum absolute atomic E-state index is 0.0990. The summed E-state index contributed by atoms with van der Waals surface area (Å²) in [5.74, 6) is 0. The summed E-state index contributed by atoms with van der Waals surface area (Å²) in [7, 11) is 0. The van der Waals surface area contributed by atoms with Crippen molar-refractivity contribution in [3.05, 3.63) is 29.8 Å². The minimum atomic E-state index is -0.0990. The lowest BCUT2D eigenvalue weighted by Gasteiger charge is -2.19. The molecule has 0 radical (unpaired) electrons. The highest BCUT2D eigenvalue weighted by atomic mass is 32.1. The number of nitrogens with one attached hydrogen (secondary N) is 1. The molecule has 0 heterocycles. The van der Waals surface area contributed by atoms with E-state index in [1.807, 2.05) is 13.8 Å². The zero-order valence-electron chi connectivity index (χ0n) is 10.1. The quantitative estimate of drug-likeness (QED) is 0.806. The predicted molar refractivity (Wildman–Crippen MR) is 74.3 cm³/mol. The first-order valence-corrected chi connectivity index (χ1v) is 5.95. The Kier molecular flexibility index (Phi) is 4.90. The third kappa shape index (κ3) is 3.71. The summed E-state index contributed by atoms with van der Waals surface area (Å²) in [4.78, 5) is 13.8. The summed E-state index contributed by atoms with van der Waals surface area (Å²) in [6, 6.07) is 7.06. The van der Waals surface area contributed by atoms with E-state index in [2.05, 4.69) is 5.32 Å². The molecule has 1 aromatic carbocycles. The molecule has 2 amide bonds. The monoisotopic (exact) mass is 251 g/mol. The van der Waals surface area contributed by atoms with Gasteiger partial charge in [-0.1, -0.05) is 12.2 Å². The Morgan fingerprint density at radius 1 is 1.29 bits per heavy atom. The molecule has 5 heteroatoms. The zero-order chi connectivity index (χ0) is 12.8. The fraction of sp³-hybridized carbons (Fsp3) is 0.333. The standard InChI is InChI=1S/C12H17N3OS/c1-3-15(4-2)12(16)14-10-7-5-9(6-8-10)11(13)17/h5-8H,3-4H2,1-2H3,(H2,13,17)(H,14,16).